The maximum atomic E-state index is 13.0. The Labute approximate surface area is 168 Å². The summed E-state index contributed by atoms with van der Waals surface area (Å²) in [4.78, 5) is 17.6. The molecule has 4 aromatic rings. The van der Waals surface area contributed by atoms with Gasteiger partial charge in [0.25, 0.3) is 5.91 Å². The molecule has 1 saturated heterocycles. The molecule has 148 valence electrons. The lowest BCUT2D eigenvalue weighted by Gasteiger charge is -2.19. The molecule has 0 radical (unpaired) electrons. The lowest BCUT2D eigenvalue weighted by atomic mass is 9.98. The Morgan fingerprint density at radius 3 is 2.79 bits per heavy atom. The number of furan rings is 1. The second-order valence-corrected chi connectivity index (χ2v) is 7.62. The van der Waals surface area contributed by atoms with Gasteiger partial charge in [-0.25, -0.2) is 4.68 Å². The van der Waals surface area contributed by atoms with Crippen LogP contribution in [0.1, 0.15) is 40.7 Å². The lowest BCUT2D eigenvalue weighted by molar-refractivity contribution is 0.0996. The molecule has 0 unspecified atom stereocenters. The quantitative estimate of drug-likeness (QED) is 0.558. The highest BCUT2D eigenvalue weighted by molar-refractivity contribution is 6.11. The van der Waals surface area contributed by atoms with Crippen LogP contribution in [0.3, 0.4) is 0 Å². The zero-order valence-electron chi connectivity index (χ0n) is 16.5. The number of carbonyl (C=O) groups excluding carboxylic acids is 1. The van der Waals surface area contributed by atoms with Crippen LogP contribution < -0.4 is 10.6 Å². The molecule has 2 aromatic heterocycles. The molecular weight excluding hydrogens is 366 g/mol. The molecule has 29 heavy (non-hydrogen) atoms. The first-order valence-corrected chi connectivity index (χ1v) is 9.95. The largest absolute Gasteiger partial charge is 0.450 e. The number of carbonyl (C=O) groups is 1. The number of nitrogens with zero attached hydrogens (tertiary/aromatic N) is 3. The number of nitrogens with one attached hydrogen (secondary N) is 2. The number of rotatable bonds is 3. The standard InChI is InChI=1S/C22H23N5O2/c1-13-16-8-7-14-5-3-4-6-17(14)19(16)29-18(13)21(28)25-22-24-20(26-27(22)2)15-9-11-23-12-10-15/h3-8,15,23H,9-12H2,1-2H3,(H,24,25,26,28). The Kier molecular flexibility index (Phi) is 4.32. The van der Waals surface area contributed by atoms with E-state index in [4.69, 9.17) is 4.42 Å². The molecule has 0 spiro atoms. The normalized spacial score (nSPS) is 15.2. The summed E-state index contributed by atoms with van der Waals surface area (Å²) in [5.74, 6) is 1.55. The van der Waals surface area contributed by atoms with E-state index in [-0.39, 0.29) is 5.91 Å². The van der Waals surface area contributed by atoms with Crippen LogP contribution in [0.5, 0.6) is 0 Å². The maximum absolute atomic E-state index is 13.0. The van der Waals surface area contributed by atoms with Crippen molar-refractivity contribution in [3.05, 3.63) is 53.5 Å². The minimum atomic E-state index is -0.310. The second-order valence-electron chi connectivity index (χ2n) is 7.62. The second kappa shape index (κ2) is 7.00. The molecule has 2 N–H and O–H groups in total. The fraction of sp³-hybridized carbons (Fsp3) is 0.318. The molecule has 1 fully saturated rings. The van der Waals surface area contributed by atoms with Crippen molar-refractivity contribution in [2.75, 3.05) is 18.4 Å². The van der Waals surface area contributed by atoms with Crippen molar-refractivity contribution in [2.24, 2.45) is 7.05 Å². The van der Waals surface area contributed by atoms with Gasteiger partial charge in [0.2, 0.25) is 5.95 Å². The van der Waals surface area contributed by atoms with Crippen LogP contribution in [0.4, 0.5) is 5.95 Å². The number of amides is 1. The molecule has 3 heterocycles. The number of hydrogen-bond acceptors (Lipinski definition) is 5. The van der Waals surface area contributed by atoms with Gasteiger partial charge >= 0.3 is 0 Å². The van der Waals surface area contributed by atoms with Gasteiger partial charge in [0, 0.05) is 29.3 Å². The predicted molar refractivity (Wildman–Crippen MR) is 112 cm³/mol. The van der Waals surface area contributed by atoms with Crippen LogP contribution in [0.25, 0.3) is 21.7 Å². The first-order valence-electron chi connectivity index (χ1n) is 9.95. The van der Waals surface area contributed by atoms with Crippen LogP contribution in [-0.4, -0.2) is 33.8 Å². The van der Waals surface area contributed by atoms with Crippen LogP contribution in [-0.2, 0) is 7.05 Å². The zero-order valence-corrected chi connectivity index (χ0v) is 16.5. The van der Waals surface area contributed by atoms with Crippen molar-refractivity contribution in [1.29, 1.82) is 0 Å². The molecule has 1 aliphatic heterocycles. The average molecular weight is 389 g/mol. The van der Waals surface area contributed by atoms with Gasteiger partial charge in [-0.15, -0.1) is 0 Å². The summed E-state index contributed by atoms with van der Waals surface area (Å²) in [6.45, 7) is 3.85. The van der Waals surface area contributed by atoms with Gasteiger partial charge in [-0.2, -0.15) is 10.1 Å². The van der Waals surface area contributed by atoms with Crippen molar-refractivity contribution in [3.63, 3.8) is 0 Å². The topological polar surface area (TPSA) is 85.0 Å². The highest BCUT2D eigenvalue weighted by Gasteiger charge is 2.24. The summed E-state index contributed by atoms with van der Waals surface area (Å²) in [5, 5.41) is 13.8. The molecule has 0 bridgehead atoms. The molecule has 7 heteroatoms. The third kappa shape index (κ3) is 3.07. The van der Waals surface area contributed by atoms with E-state index in [0.29, 0.717) is 17.6 Å². The molecule has 1 amide bonds. The molecule has 5 rings (SSSR count). The number of anilines is 1. The smallest absolute Gasteiger partial charge is 0.294 e. The summed E-state index contributed by atoms with van der Waals surface area (Å²) in [7, 11) is 1.80. The van der Waals surface area contributed by atoms with Gasteiger partial charge in [0.15, 0.2) is 11.6 Å². The van der Waals surface area contributed by atoms with E-state index in [9.17, 15) is 4.79 Å². The molecule has 1 aliphatic rings. The Morgan fingerprint density at radius 2 is 1.97 bits per heavy atom. The van der Waals surface area contributed by atoms with Crippen LogP contribution in [0, 0.1) is 6.92 Å². The maximum Gasteiger partial charge on any atom is 0.294 e. The summed E-state index contributed by atoms with van der Waals surface area (Å²) < 4.78 is 7.66. The van der Waals surface area contributed by atoms with Crippen molar-refractivity contribution < 1.29 is 9.21 Å². The number of aromatic nitrogens is 3. The minimum Gasteiger partial charge on any atom is -0.450 e. The average Bonchev–Trinajstić information content (AvgIpc) is 3.29. The van der Waals surface area contributed by atoms with Crippen molar-refractivity contribution >= 4 is 33.6 Å². The molecule has 2 aromatic carbocycles. The molecule has 0 atom stereocenters. The number of piperidine rings is 1. The third-order valence-corrected chi connectivity index (χ3v) is 5.74. The van der Waals surface area contributed by atoms with E-state index in [1.54, 1.807) is 11.7 Å². The van der Waals surface area contributed by atoms with Crippen molar-refractivity contribution in [2.45, 2.75) is 25.7 Å². The van der Waals surface area contributed by atoms with Crippen molar-refractivity contribution in [1.82, 2.24) is 20.1 Å². The fourth-order valence-corrected chi connectivity index (χ4v) is 4.09. The number of benzene rings is 2. The van der Waals surface area contributed by atoms with Gasteiger partial charge in [-0.05, 0) is 38.2 Å². The number of hydrogen-bond donors (Lipinski definition) is 2. The first-order chi connectivity index (χ1) is 14.1. The van der Waals surface area contributed by atoms with Gasteiger partial charge in [0.1, 0.15) is 5.58 Å². The van der Waals surface area contributed by atoms with E-state index < -0.39 is 0 Å². The fourth-order valence-electron chi connectivity index (χ4n) is 4.09. The van der Waals surface area contributed by atoms with Gasteiger partial charge in [-0.3, -0.25) is 10.1 Å². The summed E-state index contributed by atoms with van der Waals surface area (Å²) in [5.41, 5.74) is 1.56. The zero-order chi connectivity index (χ0) is 20.0. The van der Waals surface area contributed by atoms with Gasteiger partial charge in [0.05, 0.1) is 0 Å². The first kappa shape index (κ1) is 17.9. The summed E-state index contributed by atoms with van der Waals surface area (Å²) >= 11 is 0. The van der Waals surface area contributed by atoms with E-state index >= 15 is 0 Å². The Morgan fingerprint density at radius 1 is 1.17 bits per heavy atom. The minimum absolute atomic E-state index is 0.308. The Hall–Kier alpha value is -3.19. The number of fused-ring (bicyclic) bond motifs is 3. The molecular formula is C22H23N5O2. The van der Waals surface area contributed by atoms with Gasteiger partial charge in [-0.1, -0.05) is 36.4 Å². The van der Waals surface area contributed by atoms with E-state index in [2.05, 4.69) is 26.8 Å². The van der Waals surface area contributed by atoms with Crippen LogP contribution in [0.15, 0.2) is 40.8 Å². The predicted octanol–water partition coefficient (Wildman–Crippen LogP) is 3.74. The molecule has 0 saturated carbocycles. The lowest BCUT2D eigenvalue weighted by Crippen LogP contribution is -2.27. The van der Waals surface area contributed by atoms with E-state index in [0.717, 1.165) is 59.1 Å². The van der Waals surface area contributed by atoms with Crippen LogP contribution in [0.2, 0.25) is 0 Å². The summed E-state index contributed by atoms with van der Waals surface area (Å²) in [6, 6.07) is 12.1. The highest BCUT2D eigenvalue weighted by Crippen LogP contribution is 2.32. The molecule has 0 aliphatic carbocycles. The monoisotopic (exact) mass is 389 g/mol. The highest BCUT2D eigenvalue weighted by atomic mass is 16.3. The van der Waals surface area contributed by atoms with E-state index in [1.807, 2.05) is 37.3 Å². The van der Waals surface area contributed by atoms with Crippen LogP contribution >= 0.6 is 0 Å². The summed E-state index contributed by atoms with van der Waals surface area (Å²) in [6.07, 6.45) is 2.01. The number of aryl methyl sites for hydroxylation is 2. The SMILES string of the molecule is Cc1c(C(=O)Nc2nc(C3CCNCC3)nn2C)oc2c1ccc1ccccc12. The Bertz CT molecular complexity index is 1220. The van der Waals surface area contributed by atoms with E-state index in [1.165, 1.54) is 0 Å². The van der Waals surface area contributed by atoms with Crippen molar-refractivity contribution in [3.8, 4) is 0 Å². The van der Waals surface area contributed by atoms with Gasteiger partial charge < -0.3 is 9.73 Å². The Balaban J connectivity index is 1.47. The molecule has 7 nitrogen and oxygen atoms in total. The third-order valence-electron chi connectivity index (χ3n) is 5.74.